The van der Waals surface area contributed by atoms with Crippen molar-refractivity contribution in [3.8, 4) is 0 Å². The summed E-state index contributed by atoms with van der Waals surface area (Å²) in [6.45, 7) is 0.708. The van der Waals surface area contributed by atoms with Crippen LogP contribution in [0.15, 0.2) is 0 Å². The van der Waals surface area contributed by atoms with Crippen LogP contribution in [0, 0.1) is 0 Å². The van der Waals surface area contributed by atoms with Gasteiger partial charge in [0.2, 0.25) is 0 Å². The molecular formula is C7H15NO4. The number of aliphatic hydroxyl groups excluding tert-OH is 1. The highest BCUT2D eigenvalue weighted by atomic mass is 16.8. The molecule has 0 bridgehead atoms. The van der Waals surface area contributed by atoms with Crippen LogP contribution in [0.5, 0.6) is 0 Å². The summed E-state index contributed by atoms with van der Waals surface area (Å²) < 4.78 is 5.29. The van der Waals surface area contributed by atoms with Gasteiger partial charge < -0.3 is 9.84 Å². The minimum absolute atomic E-state index is 0.0458. The van der Waals surface area contributed by atoms with Crippen LogP contribution in [0.25, 0.3) is 0 Å². The summed E-state index contributed by atoms with van der Waals surface area (Å²) in [5.41, 5.74) is 0. The molecule has 1 aliphatic rings. The van der Waals surface area contributed by atoms with E-state index in [2.05, 4.69) is 0 Å². The van der Waals surface area contributed by atoms with Crippen LogP contribution in [-0.2, 0) is 4.74 Å². The van der Waals surface area contributed by atoms with Crippen LogP contribution < -0.4 is 0 Å². The van der Waals surface area contributed by atoms with E-state index in [-0.39, 0.29) is 24.0 Å². The van der Waals surface area contributed by atoms with Crippen molar-refractivity contribution in [2.24, 2.45) is 0 Å². The van der Waals surface area contributed by atoms with E-state index in [1.54, 1.807) is 0 Å². The van der Waals surface area contributed by atoms with Gasteiger partial charge in [-0.05, 0) is 19.3 Å². The molecule has 12 heavy (non-hydrogen) atoms. The second kappa shape index (κ2) is 4.74. The van der Waals surface area contributed by atoms with Gasteiger partial charge in [-0.1, -0.05) is 5.23 Å². The lowest BCUT2D eigenvalue weighted by Gasteiger charge is -2.26. The summed E-state index contributed by atoms with van der Waals surface area (Å²) in [7, 11) is 0. The fourth-order valence-corrected chi connectivity index (χ4v) is 1.32. The van der Waals surface area contributed by atoms with Crippen molar-refractivity contribution in [3.63, 3.8) is 0 Å². The molecule has 5 heteroatoms. The highest BCUT2D eigenvalue weighted by Crippen LogP contribution is 2.16. The third-order valence-corrected chi connectivity index (χ3v) is 1.99. The average molecular weight is 177 g/mol. The minimum atomic E-state index is -0.297. The van der Waals surface area contributed by atoms with E-state index < -0.39 is 0 Å². The van der Waals surface area contributed by atoms with E-state index >= 15 is 0 Å². The molecule has 1 aliphatic heterocycles. The number of nitrogens with zero attached hydrogens (tertiary/aromatic N) is 1. The fourth-order valence-electron chi connectivity index (χ4n) is 1.32. The van der Waals surface area contributed by atoms with E-state index in [0.29, 0.717) is 25.9 Å². The third kappa shape index (κ3) is 3.46. The van der Waals surface area contributed by atoms with Crippen molar-refractivity contribution < 1.29 is 20.3 Å². The number of hydroxylamine groups is 2. The molecule has 0 amide bonds. The van der Waals surface area contributed by atoms with Crippen LogP contribution in [-0.4, -0.2) is 46.1 Å². The first-order valence-corrected chi connectivity index (χ1v) is 4.13. The SMILES string of the molecule is OC1CCOC(CCN(O)O)C1. The van der Waals surface area contributed by atoms with Gasteiger partial charge in [0.15, 0.2) is 0 Å². The molecule has 0 aromatic heterocycles. The Morgan fingerprint density at radius 2 is 2.17 bits per heavy atom. The third-order valence-electron chi connectivity index (χ3n) is 1.99. The maximum Gasteiger partial charge on any atom is 0.0613 e. The van der Waals surface area contributed by atoms with Crippen molar-refractivity contribution in [2.75, 3.05) is 13.2 Å². The topological polar surface area (TPSA) is 73.2 Å². The lowest BCUT2D eigenvalue weighted by atomic mass is 10.0. The van der Waals surface area contributed by atoms with E-state index in [4.69, 9.17) is 15.2 Å². The first kappa shape index (κ1) is 9.88. The molecule has 3 N–H and O–H groups in total. The highest BCUT2D eigenvalue weighted by Gasteiger charge is 2.20. The van der Waals surface area contributed by atoms with Gasteiger partial charge >= 0.3 is 0 Å². The number of ether oxygens (including phenoxy) is 1. The van der Waals surface area contributed by atoms with Crippen molar-refractivity contribution in [2.45, 2.75) is 31.5 Å². The summed E-state index contributed by atoms with van der Waals surface area (Å²) in [6, 6.07) is 0. The Balaban J connectivity index is 2.14. The number of hydrogen-bond donors (Lipinski definition) is 3. The molecular weight excluding hydrogens is 162 g/mol. The Hall–Kier alpha value is -0.200. The quantitative estimate of drug-likeness (QED) is 0.529. The van der Waals surface area contributed by atoms with Gasteiger partial charge in [0.25, 0.3) is 0 Å². The van der Waals surface area contributed by atoms with E-state index in [1.807, 2.05) is 0 Å². The van der Waals surface area contributed by atoms with Crippen molar-refractivity contribution in [1.82, 2.24) is 5.23 Å². The predicted molar refractivity (Wildman–Crippen MR) is 39.9 cm³/mol. The molecule has 1 rings (SSSR count). The Bertz CT molecular complexity index is 131. The average Bonchev–Trinajstić information content (AvgIpc) is 2.01. The van der Waals surface area contributed by atoms with E-state index in [9.17, 15) is 5.11 Å². The second-order valence-electron chi connectivity index (χ2n) is 3.06. The van der Waals surface area contributed by atoms with Gasteiger partial charge in [-0.3, -0.25) is 10.4 Å². The molecule has 1 fully saturated rings. The maximum atomic E-state index is 9.23. The van der Waals surface area contributed by atoms with E-state index in [1.165, 1.54) is 0 Å². The molecule has 0 aromatic carbocycles. The smallest absolute Gasteiger partial charge is 0.0613 e. The zero-order valence-corrected chi connectivity index (χ0v) is 6.89. The zero-order valence-electron chi connectivity index (χ0n) is 6.89. The van der Waals surface area contributed by atoms with Crippen LogP contribution in [0.3, 0.4) is 0 Å². The normalized spacial score (nSPS) is 31.0. The standard InChI is InChI=1S/C7H15NO4/c9-6-2-4-12-7(5-6)1-3-8(10)11/h6-7,9-11H,1-5H2. The molecule has 1 saturated heterocycles. The molecule has 5 nitrogen and oxygen atoms in total. The van der Waals surface area contributed by atoms with Crippen molar-refractivity contribution >= 4 is 0 Å². The minimum Gasteiger partial charge on any atom is -0.393 e. The van der Waals surface area contributed by atoms with Gasteiger partial charge in [0, 0.05) is 6.61 Å². The second-order valence-corrected chi connectivity index (χ2v) is 3.06. The van der Waals surface area contributed by atoms with Gasteiger partial charge in [-0.2, -0.15) is 0 Å². The molecule has 1 heterocycles. The van der Waals surface area contributed by atoms with Crippen LogP contribution in [0.1, 0.15) is 19.3 Å². The van der Waals surface area contributed by atoms with Crippen LogP contribution >= 0.6 is 0 Å². The molecule has 2 atom stereocenters. The Morgan fingerprint density at radius 1 is 1.42 bits per heavy atom. The lowest BCUT2D eigenvalue weighted by molar-refractivity contribution is -0.309. The van der Waals surface area contributed by atoms with Gasteiger partial charge in [-0.15, -0.1) is 0 Å². The molecule has 0 aromatic rings. The lowest BCUT2D eigenvalue weighted by Crippen LogP contribution is -2.31. The Labute approximate surface area is 71.1 Å². The highest BCUT2D eigenvalue weighted by molar-refractivity contribution is 4.70. The van der Waals surface area contributed by atoms with Gasteiger partial charge in [0.1, 0.15) is 0 Å². The van der Waals surface area contributed by atoms with Gasteiger partial charge in [-0.25, -0.2) is 0 Å². The fraction of sp³-hybridized carbons (Fsp3) is 1.00. The predicted octanol–water partition coefficient (Wildman–Crippen LogP) is -0.00320. The first-order valence-electron chi connectivity index (χ1n) is 4.13. The monoisotopic (exact) mass is 177 g/mol. The summed E-state index contributed by atoms with van der Waals surface area (Å²) in [5.74, 6) is 0. The Morgan fingerprint density at radius 3 is 2.75 bits per heavy atom. The van der Waals surface area contributed by atoms with E-state index in [0.717, 1.165) is 0 Å². The molecule has 0 radical (unpaired) electrons. The van der Waals surface area contributed by atoms with Crippen molar-refractivity contribution in [3.05, 3.63) is 0 Å². The molecule has 2 unspecified atom stereocenters. The van der Waals surface area contributed by atoms with Gasteiger partial charge in [0.05, 0.1) is 18.8 Å². The number of aliphatic hydroxyl groups is 1. The Kier molecular flexibility index (Phi) is 3.90. The van der Waals surface area contributed by atoms with Crippen LogP contribution in [0.2, 0.25) is 0 Å². The zero-order chi connectivity index (χ0) is 8.97. The first-order chi connectivity index (χ1) is 5.68. The number of rotatable bonds is 3. The van der Waals surface area contributed by atoms with Crippen LogP contribution in [0.4, 0.5) is 0 Å². The molecule has 72 valence electrons. The summed E-state index contributed by atoms with van der Waals surface area (Å²) >= 11 is 0. The molecule has 0 spiro atoms. The van der Waals surface area contributed by atoms with Crippen molar-refractivity contribution in [1.29, 1.82) is 0 Å². The summed E-state index contributed by atoms with van der Waals surface area (Å²) in [5, 5.41) is 26.2. The number of hydrogen-bond acceptors (Lipinski definition) is 5. The molecule has 0 aliphatic carbocycles. The summed E-state index contributed by atoms with van der Waals surface area (Å²) in [4.78, 5) is 0. The summed E-state index contributed by atoms with van der Waals surface area (Å²) in [6.07, 6.45) is 1.46. The largest absolute Gasteiger partial charge is 0.393 e. The molecule has 0 saturated carbocycles. The maximum absolute atomic E-state index is 9.23.